The number of carbonyl (C=O) groups is 13. The Labute approximate surface area is 797 Å². The topological polar surface area (TPSA) is 635 Å². The summed E-state index contributed by atoms with van der Waals surface area (Å²) in [4.78, 5) is 155. The van der Waals surface area contributed by atoms with Crippen molar-refractivity contribution in [1.82, 2.24) is 10.2 Å². The molecule has 37 nitrogen and oxygen atoms in total. The zero-order valence-electron chi connectivity index (χ0n) is 77.2. The number of aryl methyl sites for hydroxylation is 7. The van der Waals surface area contributed by atoms with E-state index >= 15 is 0 Å². The van der Waals surface area contributed by atoms with Crippen molar-refractivity contribution < 1.29 is 171 Å². The zero-order valence-corrected chi connectivity index (χ0v) is 82.6. The van der Waals surface area contributed by atoms with E-state index in [-0.39, 0.29) is 97.3 Å². The SMILES string of the molecule is C1CCOC1.CCC(=O)c1cc(C(=O)O)ccc1C.CCC(=O)c1cc(C(=O)OC)ccc1C.CCC(O)c1cc(C(=O)O)ccc1C.CCO.CO.COC(=O)OC.COC(=O)c1ccc(C)c(-c2[nH][nH]c(=O)c2C)c1.COC(=O)c1ccc(C)c(C(=O)C(C)C(=O)OC)c1.Cc1ccc(C(=O)O)cc1Br.Cc1ccc(C(=O)O)cc1C=O.NN.O.O=S(=O)(O)O.[Br-].[CH2-]C.[Mg+2]. The number of methoxy groups -OCH3 is 6. The van der Waals surface area contributed by atoms with Gasteiger partial charge in [0.15, 0.2) is 17.3 Å². The molecule has 0 radical (unpaired) electrons. The number of hydrogen-bond acceptors (Lipinski definition) is 28. The molecule has 7 aromatic carbocycles. The number of aromatic carboxylic acids is 4. The van der Waals surface area contributed by atoms with Gasteiger partial charge in [-0.25, -0.2) is 38.4 Å². The minimum absolute atomic E-state index is 0. The second kappa shape index (κ2) is 75.3. The molecule has 2 heterocycles. The van der Waals surface area contributed by atoms with Crippen LogP contribution >= 0.6 is 15.9 Å². The summed E-state index contributed by atoms with van der Waals surface area (Å²) in [6.45, 7) is 30.4. The molecule has 0 spiro atoms. The van der Waals surface area contributed by atoms with Gasteiger partial charge in [0, 0.05) is 77.6 Å². The molecule has 41 heteroatoms. The van der Waals surface area contributed by atoms with Crippen LogP contribution in [0.4, 0.5) is 4.79 Å². The Hall–Kier alpha value is -11.4. The molecule has 2 atom stereocenters. The molecule has 1 aromatic heterocycles. The first-order chi connectivity index (χ1) is 60.1. The minimum atomic E-state index is -4.67. The number of rotatable bonds is 18. The zero-order chi connectivity index (χ0) is 100. The smallest absolute Gasteiger partial charge is 1.00 e. The first-order valence-electron chi connectivity index (χ1n) is 38.3. The number of ether oxygens (including phenoxy) is 7. The minimum Gasteiger partial charge on any atom is -1.00 e. The van der Waals surface area contributed by atoms with Gasteiger partial charge in [0.1, 0.15) is 12.2 Å². The number of carboxylic acids is 4. The molecule has 0 bridgehead atoms. The number of aliphatic hydroxyl groups excluding tert-OH is 3. The largest absolute Gasteiger partial charge is 2.00 e. The summed E-state index contributed by atoms with van der Waals surface area (Å²) < 4.78 is 63.9. The van der Waals surface area contributed by atoms with E-state index in [0.29, 0.717) is 86.9 Å². The number of aromatic amines is 2. The van der Waals surface area contributed by atoms with Crippen LogP contribution in [0.3, 0.4) is 0 Å². The molecule has 17 N–H and O–H groups in total. The fraction of sp³-hybridized carbons (Fsp3) is 0.344. The maximum Gasteiger partial charge on any atom is 2.00 e. The van der Waals surface area contributed by atoms with Gasteiger partial charge in [-0.15, -0.1) is 0 Å². The predicted molar refractivity (Wildman–Crippen MR) is 492 cm³/mol. The molecular weight excluding hydrogens is 1880 g/mol. The van der Waals surface area contributed by atoms with Crippen molar-refractivity contribution in [2.45, 2.75) is 135 Å². The third-order valence-electron chi connectivity index (χ3n) is 16.7. The normalized spacial score (nSPS) is 10.2. The summed E-state index contributed by atoms with van der Waals surface area (Å²) in [5.41, 5.74) is 12.6. The number of nitrogens with two attached hydrogens (primary N) is 2. The van der Waals surface area contributed by atoms with E-state index in [1.807, 2.05) is 40.7 Å². The van der Waals surface area contributed by atoms with Crippen molar-refractivity contribution in [3.63, 3.8) is 0 Å². The van der Waals surface area contributed by atoms with Crippen LogP contribution in [0.2, 0.25) is 0 Å². The molecule has 9 rings (SSSR count). The van der Waals surface area contributed by atoms with Crippen LogP contribution in [0.5, 0.6) is 0 Å². The van der Waals surface area contributed by atoms with Crippen molar-refractivity contribution in [2.75, 3.05) is 69.6 Å². The van der Waals surface area contributed by atoms with Crippen LogP contribution < -0.4 is 34.2 Å². The maximum atomic E-state index is 12.2. The van der Waals surface area contributed by atoms with Gasteiger partial charge in [-0.2, -0.15) is 15.3 Å². The second-order valence-electron chi connectivity index (χ2n) is 25.4. The molecule has 131 heavy (non-hydrogen) atoms. The summed E-state index contributed by atoms with van der Waals surface area (Å²) in [5, 5.41) is 64.2. The number of Topliss-reactive ketones (excluding diaryl/α,β-unsaturated/α-hetero) is 3. The maximum absolute atomic E-state index is 12.2. The molecule has 0 aliphatic carbocycles. The average molecular weight is 2000 g/mol. The number of halogens is 2. The Morgan fingerprint density at radius 1 is 0.504 bits per heavy atom. The van der Waals surface area contributed by atoms with Gasteiger partial charge in [0.25, 0.3) is 5.56 Å². The van der Waals surface area contributed by atoms with Crippen molar-refractivity contribution in [3.05, 3.63) is 260 Å². The third kappa shape index (κ3) is 53.5. The fourth-order valence-corrected chi connectivity index (χ4v) is 10.0. The van der Waals surface area contributed by atoms with E-state index in [0.717, 1.165) is 63.7 Å². The van der Waals surface area contributed by atoms with E-state index in [1.54, 1.807) is 140 Å². The Balaban J connectivity index is -0.000000215. The van der Waals surface area contributed by atoms with Crippen molar-refractivity contribution in [1.29, 1.82) is 0 Å². The van der Waals surface area contributed by atoms with E-state index in [9.17, 15) is 72.2 Å². The van der Waals surface area contributed by atoms with Crippen LogP contribution in [-0.2, 0) is 48.4 Å². The number of hydrogen-bond donors (Lipinski definition) is 13. The van der Waals surface area contributed by atoms with Crippen LogP contribution in [0.25, 0.3) is 11.3 Å². The number of benzene rings is 7. The number of H-pyrrole nitrogens is 2. The van der Waals surface area contributed by atoms with Gasteiger partial charge in [0.05, 0.1) is 93.4 Å². The number of esters is 4. The third-order valence-corrected chi connectivity index (χ3v) is 17.6. The Morgan fingerprint density at radius 2 is 0.824 bits per heavy atom. The number of aldehydes is 1. The second-order valence-corrected chi connectivity index (χ2v) is 27.2. The van der Waals surface area contributed by atoms with Crippen LogP contribution in [0.1, 0.15) is 244 Å². The number of nitrogens with one attached hydrogen (secondary N) is 2. The van der Waals surface area contributed by atoms with Crippen molar-refractivity contribution >= 4 is 127 Å². The number of ketones is 3. The first-order valence-corrected chi connectivity index (χ1v) is 40.5. The fourth-order valence-electron chi connectivity index (χ4n) is 9.65. The summed E-state index contributed by atoms with van der Waals surface area (Å²) in [6.07, 6.45) is 3.39. The van der Waals surface area contributed by atoms with E-state index in [4.69, 9.17) is 52.9 Å². The first kappa shape index (κ1) is 135. The Kier molecular flexibility index (Phi) is 77.6. The van der Waals surface area contributed by atoms with Crippen LogP contribution in [-0.4, -0.2) is 239 Å². The number of hydrazine groups is 1. The number of aliphatic hydroxyl groups is 3. The van der Waals surface area contributed by atoms with Gasteiger partial charge in [-0.05, 0) is 218 Å². The van der Waals surface area contributed by atoms with Gasteiger partial charge in [-0.1, -0.05) is 79.2 Å². The average Bonchev–Trinajstić information content (AvgIpc) is 1.66. The molecule has 1 aliphatic heterocycles. The molecule has 1 fully saturated rings. The molecule has 8 aromatic rings. The monoisotopic (exact) mass is 2000 g/mol. The van der Waals surface area contributed by atoms with Gasteiger partial charge in [0.2, 0.25) is 0 Å². The Morgan fingerprint density at radius 3 is 1.14 bits per heavy atom. The van der Waals surface area contributed by atoms with Crippen LogP contribution in [0.15, 0.2) is 137 Å². The van der Waals surface area contributed by atoms with Crippen LogP contribution in [0, 0.1) is 68.2 Å². The van der Waals surface area contributed by atoms with E-state index < -0.39 is 76.3 Å². The molecular formula is C90H122Br2MgN4O33S. The molecule has 722 valence electrons. The van der Waals surface area contributed by atoms with Crippen molar-refractivity contribution in [2.24, 2.45) is 17.6 Å². The van der Waals surface area contributed by atoms with Gasteiger partial charge in [-0.3, -0.25) is 59.8 Å². The number of carbonyl (C=O) groups excluding carboxylic acids is 9. The molecule has 1 saturated heterocycles. The molecule has 0 amide bonds. The molecule has 2 unspecified atom stereocenters. The predicted octanol–water partition coefficient (Wildman–Crippen LogP) is 9.91. The van der Waals surface area contributed by atoms with E-state index in [2.05, 4.69) is 73.2 Å². The summed E-state index contributed by atoms with van der Waals surface area (Å²) in [5.74, 6) is 0.906. The summed E-state index contributed by atoms with van der Waals surface area (Å²) in [7, 11) is 4.00. The van der Waals surface area contributed by atoms with Crippen molar-refractivity contribution in [3.8, 4) is 11.3 Å². The number of aromatic nitrogens is 2. The standard InChI is InChI=1S/C14H16O5.C13H14N2O3.C12H14O3.C11H14O3.C11H12O3.C9H8O3.C8H7BrO2.C4H8O.C3H6O3.C2H6O.C2H5.CH4O.BrH.Mg.H4N2.H2O4S.H2O/c1-8-5-6-10(14(17)19-4)7-11(8)12(15)9(2)13(16)18-3;1-7-4-5-9(13(17)18-3)6-10(7)11-8(2)12(16)15-14-11;1-4-11(13)10-7-9(12(14)15-3)6-5-8(10)2;2*1-3-10(12)9-6-8(11(13)14)5-4-7(9)2;1-6-2-3-7(9(11)12)4-8(6)5-10;1-5-2-3-6(8(10)11)4-7(5)9;1-2-4-5-3-1;1-5-3(4)6-2;1-2-3;2*1-2;;;1-2;1-5(2,3)4;/h5-7,9H,1-4H3;4-6H,1-3H3,(H2,14,15,16);5-7H,4H2,1-3H3;4-6,10,12H,3H2,1-2H3,(H,13,14);4-6H,3H2,1-2H3,(H,13,14);2-5H,1H3,(H,11,12);2-4H,1H3,(H,10,11);1-4H2;1-2H3;3H,2H2,1H3;1H2,2H3;2H,1H3;1H;;1-2H2;(H2,1,2,3,4);1H2/q;;;;;;;;;;-1;;;+2;;;/p-1. The molecule has 1 aliphatic rings. The van der Waals surface area contributed by atoms with Gasteiger partial charge < -0.3 is 98.3 Å². The number of carboxylic acid groups (broad SMARTS) is 4. The van der Waals surface area contributed by atoms with Gasteiger partial charge >= 0.3 is 87.4 Å². The molecule has 0 saturated carbocycles. The summed E-state index contributed by atoms with van der Waals surface area (Å²) >= 11 is 3.25. The Bertz CT molecular complexity index is 5050. The van der Waals surface area contributed by atoms with E-state index in [1.165, 1.54) is 98.8 Å². The quantitative estimate of drug-likeness (QED) is 0.00363. The summed E-state index contributed by atoms with van der Waals surface area (Å²) in [6, 6.07) is 33.7.